The van der Waals surface area contributed by atoms with E-state index in [2.05, 4.69) is 19.7 Å². The third-order valence-corrected chi connectivity index (χ3v) is 5.47. The Balaban J connectivity index is 4.98. The standard InChI is InChI=1S/C11H20O3S/c1-4-15(5-2,6-3)10-11(7-12,8-13)9-14/h4-6,12-14H,1-3,7-10H2. The third kappa shape index (κ3) is 3.21. The van der Waals surface area contributed by atoms with Gasteiger partial charge in [-0.2, -0.15) is 10.0 Å². The molecule has 0 aromatic heterocycles. The molecule has 0 amide bonds. The molecule has 15 heavy (non-hydrogen) atoms. The van der Waals surface area contributed by atoms with Crippen molar-refractivity contribution in [2.24, 2.45) is 5.41 Å². The van der Waals surface area contributed by atoms with E-state index < -0.39 is 15.4 Å². The summed E-state index contributed by atoms with van der Waals surface area (Å²) in [7, 11) is -1.49. The van der Waals surface area contributed by atoms with Crippen molar-refractivity contribution >= 4 is 10.0 Å². The minimum Gasteiger partial charge on any atom is -0.396 e. The zero-order valence-electron chi connectivity index (χ0n) is 8.93. The molecule has 0 bridgehead atoms. The summed E-state index contributed by atoms with van der Waals surface area (Å²) in [5, 5.41) is 32.8. The molecule has 0 aromatic rings. The van der Waals surface area contributed by atoms with E-state index in [1.165, 1.54) is 0 Å². The Bertz CT molecular complexity index is 204. The van der Waals surface area contributed by atoms with Crippen molar-refractivity contribution in [2.75, 3.05) is 25.6 Å². The summed E-state index contributed by atoms with van der Waals surface area (Å²) in [5.74, 6) is 0.417. The van der Waals surface area contributed by atoms with Gasteiger partial charge in [-0.3, -0.25) is 0 Å². The highest BCUT2D eigenvalue weighted by Crippen LogP contribution is 2.54. The van der Waals surface area contributed by atoms with E-state index in [1.807, 2.05) is 0 Å². The first kappa shape index (κ1) is 14.5. The Morgan fingerprint density at radius 2 is 1.20 bits per heavy atom. The summed E-state index contributed by atoms with van der Waals surface area (Å²) in [5.41, 5.74) is -0.897. The summed E-state index contributed by atoms with van der Waals surface area (Å²) in [6.07, 6.45) is 0. The molecular formula is C11H20O3S. The van der Waals surface area contributed by atoms with E-state index in [4.69, 9.17) is 0 Å². The van der Waals surface area contributed by atoms with Crippen LogP contribution in [0.4, 0.5) is 0 Å². The lowest BCUT2D eigenvalue weighted by Crippen LogP contribution is -2.38. The number of aliphatic hydroxyl groups excluding tert-OH is 3. The zero-order chi connectivity index (χ0) is 11.9. The quantitative estimate of drug-likeness (QED) is 0.589. The molecule has 3 nitrogen and oxygen atoms in total. The summed E-state index contributed by atoms with van der Waals surface area (Å²) >= 11 is 0. The maximum atomic E-state index is 9.22. The fourth-order valence-corrected chi connectivity index (χ4v) is 3.29. The highest BCUT2D eigenvalue weighted by atomic mass is 32.3. The minimum absolute atomic E-state index is 0.274. The summed E-state index contributed by atoms with van der Waals surface area (Å²) in [6.45, 7) is 10.3. The van der Waals surface area contributed by atoms with Crippen LogP contribution >= 0.6 is 10.0 Å². The Kier molecular flexibility index (Phi) is 5.90. The number of aliphatic hydroxyl groups is 3. The fourth-order valence-electron chi connectivity index (χ4n) is 1.20. The van der Waals surface area contributed by atoms with Gasteiger partial charge in [-0.05, 0) is 22.0 Å². The van der Waals surface area contributed by atoms with Crippen LogP contribution in [-0.2, 0) is 0 Å². The summed E-state index contributed by atoms with van der Waals surface area (Å²) in [4.78, 5) is 0. The summed E-state index contributed by atoms with van der Waals surface area (Å²) < 4.78 is 0. The normalized spacial score (nSPS) is 13.3. The van der Waals surface area contributed by atoms with Crippen LogP contribution in [0.15, 0.2) is 36.0 Å². The predicted molar refractivity (Wildman–Crippen MR) is 66.7 cm³/mol. The topological polar surface area (TPSA) is 60.7 Å². The molecule has 0 aliphatic rings. The first-order valence-corrected chi connectivity index (χ1v) is 6.57. The molecule has 0 heterocycles. The second kappa shape index (κ2) is 6.12. The second-order valence-corrected chi connectivity index (χ2v) is 6.63. The Hall–Kier alpha value is -0.550. The molecule has 0 unspecified atom stereocenters. The van der Waals surface area contributed by atoms with E-state index in [-0.39, 0.29) is 19.8 Å². The molecule has 0 radical (unpaired) electrons. The molecule has 0 aliphatic carbocycles. The fraction of sp³-hybridized carbons (Fsp3) is 0.455. The molecule has 0 spiro atoms. The lowest BCUT2D eigenvalue weighted by Gasteiger charge is -2.39. The van der Waals surface area contributed by atoms with Crippen LogP contribution in [0.1, 0.15) is 0 Å². The lowest BCUT2D eigenvalue weighted by atomic mass is 9.94. The molecular weight excluding hydrogens is 212 g/mol. The Morgan fingerprint density at radius 3 is 1.40 bits per heavy atom. The zero-order valence-corrected chi connectivity index (χ0v) is 9.75. The van der Waals surface area contributed by atoms with Crippen molar-refractivity contribution in [1.29, 1.82) is 0 Å². The van der Waals surface area contributed by atoms with Gasteiger partial charge in [0.2, 0.25) is 0 Å². The van der Waals surface area contributed by atoms with E-state index in [9.17, 15) is 15.3 Å². The van der Waals surface area contributed by atoms with Crippen molar-refractivity contribution in [2.45, 2.75) is 0 Å². The molecule has 0 saturated carbocycles. The predicted octanol–water partition coefficient (Wildman–Crippen LogP) is 1.18. The van der Waals surface area contributed by atoms with Gasteiger partial charge in [0, 0.05) is 5.41 Å². The van der Waals surface area contributed by atoms with Crippen LogP contribution in [-0.4, -0.2) is 40.9 Å². The Labute approximate surface area is 92.8 Å². The monoisotopic (exact) mass is 232 g/mol. The van der Waals surface area contributed by atoms with E-state index in [1.54, 1.807) is 16.2 Å². The van der Waals surface area contributed by atoms with Gasteiger partial charge in [0.1, 0.15) is 0 Å². The van der Waals surface area contributed by atoms with Gasteiger partial charge in [-0.25, -0.2) is 0 Å². The van der Waals surface area contributed by atoms with Gasteiger partial charge in [-0.1, -0.05) is 19.7 Å². The van der Waals surface area contributed by atoms with Crippen molar-refractivity contribution in [3.8, 4) is 0 Å². The van der Waals surface area contributed by atoms with Gasteiger partial charge in [-0.15, -0.1) is 0 Å². The largest absolute Gasteiger partial charge is 0.396 e. The molecule has 0 saturated heterocycles. The van der Waals surface area contributed by atoms with Crippen molar-refractivity contribution in [3.63, 3.8) is 0 Å². The van der Waals surface area contributed by atoms with Crippen molar-refractivity contribution in [3.05, 3.63) is 36.0 Å². The van der Waals surface area contributed by atoms with E-state index in [0.29, 0.717) is 5.75 Å². The molecule has 0 rings (SSSR count). The van der Waals surface area contributed by atoms with Crippen LogP contribution in [0.25, 0.3) is 0 Å². The van der Waals surface area contributed by atoms with Crippen molar-refractivity contribution in [1.82, 2.24) is 0 Å². The maximum Gasteiger partial charge on any atom is 0.0539 e. The molecule has 88 valence electrons. The molecule has 0 atom stereocenters. The smallest absolute Gasteiger partial charge is 0.0539 e. The van der Waals surface area contributed by atoms with Gasteiger partial charge in [0.05, 0.1) is 19.8 Å². The number of hydrogen-bond donors (Lipinski definition) is 3. The molecule has 3 N–H and O–H groups in total. The van der Waals surface area contributed by atoms with Gasteiger partial charge in [0.25, 0.3) is 0 Å². The summed E-state index contributed by atoms with van der Waals surface area (Å²) in [6, 6.07) is 0. The first-order chi connectivity index (χ1) is 7.07. The average molecular weight is 232 g/mol. The van der Waals surface area contributed by atoms with Crippen LogP contribution in [0, 0.1) is 5.41 Å². The van der Waals surface area contributed by atoms with Crippen LogP contribution < -0.4 is 0 Å². The lowest BCUT2D eigenvalue weighted by molar-refractivity contribution is 0.0234. The Morgan fingerprint density at radius 1 is 0.867 bits per heavy atom. The SMILES string of the molecule is C=CS(C=C)(C=C)CC(CO)(CO)CO. The van der Waals surface area contributed by atoms with Crippen LogP contribution in [0.2, 0.25) is 0 Å². The second-order valence-electron chi connectivity index (χ2n) is 3.53. The minimum atomic E-state index is -1.49. The maximum absolute atomic E-state index is 9.22. The van der Waals surface area contributed by atoms with E-state index >= 15 is 0 Å². The first-order valence-electron chi connectivity index (χ1n) is 4.58. The molecule has 0 aliphatic heterocycles. The van der Waals surface area contributed by atoms with Crippen molar-refractivity contribution < 1.29 is 15.3 Å². The highest BCUT2D eigenvalue weighted by molar-refractivity contribution is 8.40. The van der Waals surface area contributed by atoms with E-state index in [0.717, 1.165) is 0 Å². The van der Waals surface area contributed by atoms with Crippen LogP contribution in [0.5, 0.6) is 0 Å². The van der Waals surface area contributed by atoms with Gasteiger partial charge in [0.15, 0.2) is 0 Å². The average Bonchev–Trinajstić information content (AvgIpc) is 2.33. The molecule has 4 heteroatoms. The number of rotatable bonds is 8. The molecule has 0 fully saturated rings. The van der Waals surface area contributed by atoms with Crippen LogP contribution in [0.3, 0.4) is 0 Å². The highest BCUT2D eigenvalue weighted by Gasteiger charge is 2.33. The van der Waals surface area contributed by atoms with Gasteiger partial charge < -0.3 is 15.3 Å². The van der Waals surface area contributed by atoms with Gasteiger partial charge >= 0.3 is 0 Å². The number of hydrogen-bond acceptors (Lipinski definition) is 3. The third-order valence-electron chi connectivity index (χ3n) is 2.49. The molecule has 0 aromatic carbocycles.